The Morgan fingerprint density at radius 1 is 1.27 bits per heavy atom. The van der Waals surface area contributed by atoms with E-state index in [4.69, 9.17) is 14.5 Å². The van der Waals surface area contributed by atoms with Gasteiger partial charge in [-0.15, -0.1) is 0 Å². The summed E-state index contributed by atoms with van der Waals surface area (Å²) < 4.78 is 27.0. The molecule has 1 unspecified atom stereocenters. The lowest BCUT2D eigenvalue weighted by molar-refractivity contribution is 0.0966. The SMILES string of the molecule is CO[C@H]1CCN(Cc2nc(Nc3ccc(-c4cnc5cc(F)ccn45)c4c3C(=O)NC4)ccc2[C@]23COCC2C3)C1. The number of hydrogen-bond acceptors (Lipinski definition) is 7. The maximum absolute atomic E-state index is 13.8. The average Bonchev–Trinajstić information content (AvgIpc) is 3.49. The third-order valence-corrected chi connectivity index (χ3v) is 9.34. The molecule has 3 fully saturated rings. The second-order valence-electron chi connectivity index (χ2n) is 11.7. The fraction of sp³-hybridized carbons (Fsp3) is 0.387. The lowest BCUT2D eigenvalue weighted by atomic mass is 9.93. The van der Waals surface area contributed by atoms with Crippen LogP contribution in [0.3, 0.4) is 0 Å². The third-order valence-electron chi connectivity index (χ3n) is 9.34. The number of likely N-dealkylation sites (tertiary alicyclic amines) is 1. The van der Waals surface area contributed by atoms with Crippen molar-refractivity contribution in [3.05, 3.63) is 77.0 Å². The maximum atomic E-state index is 13.8. The molecule has 10 heteroatoms. The van der Waals surface area contributed by atoms with Crippen molar-refractivity contribution in [1.29, 1.82) is 0 Å². The monoisotopic (exact) mass is 554 g/mol. The third kappa shape index (κ3) is 4.04. The van der Waals surface area contributed by atoms with Gasteiger partial charge in [0.1, 0.15) is 17.3 Å². The number of nitrogens with zero attached hydrogens (tertiary/aromatic N) is 4. The van der Waals surface area contributed by atoms with E-state index < -0.39 is 0 Å². The van der Waals surface area contributed by atoms with Crippen LogP contribution in [0.5, 0.6) is 0 Å². The minimum Gasteiger partial charge on any atom is -0.380 e. The van der Waals surface area contributed by atoms with Gasteiger partial charge in [-0.05, 0) is 48.1 Å². The Balaban J connectivity index is 1.14. The van der Waals surface area contributed by atoms with E-state index in [0.717, 1.165) is 68.2 Å². The zero-order valence-electron chi connectivity index (χ0n) is 22.8. The van der Waals surface area contributed by atoms with Gasteiger partial charge in [0.05, 0.1) is 48.2 Å². The number of imidazole rings is 1. The van der Waals surface area contributed by atoms with Crippen molar-refractivity contribution < 1.29 is 18.7 Å². The Morgan fingerprint density at radius 3 is 3.00 bits per heavy atom. The molecular formula is C31H31FN6O3. The van der Waals surface area contributed by atoms with Crippen LogP contribution in [0.15, 0.2) is 48.8 Å². The Hall–Kier alpha value is -3.86. The first-order valence-corrected chi connectivity index (χ1v) is 14.2. The number of ether oxygens (including phenoxy) is 2. The lowest BCUT2D eigenvalue weighted by Gasteiger charge is -2.22. The Labute approximate surface area is 236 Å². The van der Waals surface area contributed by atoms with Gasteiger partial charge in [0.25, 0.3) is 5.91 Å². The van der Waals surface area contributed by atoms with Gasteiger partial charge in [-0.25, -0.2) is 14.4 Å². The lowest BCUT2D eigenvalue weighted by Crippen LogP contribution is -2.25. The predicted molar refractivity (Wildman–Crippen MR) is 151 cm³/mol. The number of hydrogen-bond donors (Lipinski definition) is 2. The van der Waals surface area contributed by atoms with Crippen LogP contribution in [0.2, 0.25) is 0 Å². The molecule has 0 spiro atoms. The van der Waals surface area contributed by atoms with Crippen LogP contribution in [-0.2, 0) is 28.0 Å². The number of anilines is 2. The van der Waals surface area contributed by atoms with Gasteiger partial charge >= 0.3 is 0 Å². The zero-order chi connectivity index (χ0) is 27.7. The van der Waals surface area contributed by atoms with E-state index in [1.165, 1.54) is 17.7 Å². The summed E-state index contributed by atoms with van der Waals surface area (Å²) in [5.74, 6) is 0.808. The average molecular weight is 555 g/mol. The van der Waals surface area contributed by atoms with Crippen molar-refractivity contribution in [2.45, 2.75) is 37.5 Å². The molecule has 0 radical (unpaired) electrons. The fourth-order valence-electron chi connectivity index (χ4n) is 7.04. The van der Waals surface area contributed by atoms with Crippen molar-refractivity contribution >= 4 is 23.1 Å². The topological polar surface area (TPSA) is 93.0 Å². The van der Waals surface area contributed by atoms with Crippen LogP contribution in [-0.4, -0.2) is 64.7 Å². The standard InChI is InChI=1S/C31H31FN6O3/c1-40-20-7-8-37(14-20)15-25-23(31-11-18(31)16-41-17-31)3-5-27(36-25)35-24-4-2-21(22-12-34-30(39)29(22)24)26-13-33-28-10-19(32)6-9-38(26)28/h2-6,9-10,13,18,20H,7-8,11-12,14-17H2,1H3,(H,34,39)(H,35,36)/t18?,20-,31+/m0/s1. The summed E-state index contributed by atoms with van der Waals surface area (Å²) in [6, 6.07) is 10.9. The molecule has 8 rings (SSSR count). The fourth-order valence-corrected chi connectivity index (χ4v) is 7.04. The summed E-state index contributed by atoms with van der Waals surface area (Å²) in [5.41, 5.74) is 6.83. The Bertz CT molecular complexity index is 1700. The quantitative estimate of drug-likeness (QED) is 0.356. The number of methoxy groups -OCH3 is 1. The number of rotatable bonds is 7. The van der Waals surface area contributed by atoms with E-state index in [2.05, 4.69) is 26.6 Å². The Morgan fingerprint density at radius 2 is 2.20 bits per heavy atom. The van der Waals surface area contributed by atoms with Crippen LogP contribution in [0.1, 0.15) is 40.0 Å². The largest absolute Gasteiger partial charge is 0.380 e. The van der Waals surface area contributed by atoms with E-state index in [1.54, 1.807) is 19.5 Å². The molecule has 1 amide bonds. The molecule has 210 valence electrons. The first kappa shape index (κ1) is 24.9. The normalized spacial score (nSPS) is 25.0. The van der Waals surface area contributed by atoms with E-state index in [9.17, 15) is 9.18 Å². The van der Waals surface area contributed by atoms with E-state index in [1.807, 2.05) is 22.6 Å². The molecule has 2 saturated heterocycles. The molecule has 4 aromatic rings. The number of aromatic nitrogens is 3. The summed E-state index contributed by atoms with van der Waals surface area (Å²) >= 11 is 0. The van der Waals surface area contributed by atoms with Crippen LogP contribution < -0.4 is 10.6 Å². The Kier molecular flexibility index (Phi) is 5.67. The molecule has 3 aromatic heterocycles. The van der Waals surface area contributed by atoms with Crippen molar-refractivity contribution in [2.75, 3.05) is 38.7 Å². The highest BCUT2D eigenvalue weighted by molar-refractivity contribution is 6.06. The number of fused-ring (bicyclic) bond motifs is 3. The van der Waals surface area contributed by atoms with Crippen LogP contribution in [0.4, 0.5) is 15.9 Å². The van der Waals surface area contributed by atoms with E-state index in [0.29, 0.717) is 35.2 Å². The number of halogens is 1. The van der Waals surface area contributed by atoms with Crippen molar-refractivity contribution in [3.8, 4) is 11.3 Å². The number of carbonyl (C=O) groups is 1. The van der Waals surface area contributed by atoms with E-state index >= 15 is 0 Å². The van der Waals surface area contributed by atoms with Crippen molar-refractivity contribution in [1.82, 2.24) is 24.6 Å². The molecule has 41 heavy (non-hydrogen) atoms. The minimum atomic E-state index is -0.338. The molecule has 4 aliphatic rings. The van der Waals surface area contributed by atoms with Gasteiger partial charge < -0.3 is 20.1 Å². The number of nitrogens with one attached hydrogen (secondary N) is 2. The maximum Gasteiger partial charge on any atom is 0.254 e. The highest BCUT2D eigenvalue weighted by atomic mass is 19.1. The van der Waals surface area contributed by atoms with Crippen molar-refractivity contribution in [3.63, 3.8) is 0 Å². The summed E-state index contributed by atoms with van der Waals surface area (Å²) in [6.45, 7) is 4.62. The molecule has 3 atom stereocenters. The summed E-state index contributed by atoms with van der Waals surface area (Å²) in [5, 5.41) is 6.44. The molecule has 1 aliphatic carbocycles. The van der Waals surface area contributed by atoms with E-state index in [-0.39, 0.29) is 23.2 Å². The molecule has 0 bridgehead atoms. The predicted octanol–water partition coefficient (Wildman–Crippen LogP) is 4.03. The molecule has 9 nitrogen and oxygen atoms in total. The van der Waals surface area contributed by atoms with Gasteiger partial charge in [-0.1, -0.05) is 12.1 Å². The van der Waals surface area contributed by atoms with Gasteiger partial charge in [-0.2, -0.15) is 0 Å². The van der Waals surface area contributed by atoms with Gasteiger partial charge in [-0.3, -0.25) is 14.1 Å². The van der Waals surface area contributed by atoms with Gasteiger partial charge in [0, 0.05) is 56.5 Å². The van der Waals surface area contributed by atoms with Crippen LogP contribution in [0, 0.1) is 11.7 Å². The number of benzene rings is 1. The van der Waals surface area contributed by atoms with Crippen LogP contribution >= 0.6 is 0 Å². The number of amides is 1. The molecule has 1 saturated carbocycles. The summed E-state index contributed by atoms with van der Waals surface area (Å²) in [6.07, 6.45) is 5.82. The molecule has 3 aliphatic heterocycles. The zero-order valence-corrected chi connectivity index (χ0v) is 22.8. The summed E-state index contributed by atoms with van der Waals surface area (Å²) in [7, 11) is 1.78. The second kappa shape index (κ2) is 9.34. The highest BCUT2D eigenvalue weighted by Gasteiger charge is 2.60. The minimum absolute atomic E-state index is 0.0843. The van der Waals surface area contributed by atoms with Gasteiger partial charge in [0.2, 0.25) is 0 Å². The van der Waals surface area contributed by atoms with Gasteiger partial charge in [0.15, 0.2) is 0 Å². The first-order valence-electron chi connectivity index (χ1n) is 14.2. The number of carbonyl (C=O) groups excluding carboxylic acids is 1. The summed E-state index contributed by atoms with van der Waals surface area (Å²) in [4.78, 5) is 25.0. The van der Waals surface area contributed by atoms with Crippen LogP contribution in [0.25, 0.3) is 16.9 Å². The second-order valence-corrected chi connectivity index (χ2v) is 11.7. The molecule has 6 heterocycles. The molecule has 2 N–H and O–H groups in total. The first-order chi connectivity index (χ1) is 20.0. The smallest absolute Gasteiger partial charge is 0.254 e. The molecule has 1 aromatic carbocycles. The molecular weight excluding hydrogens is 523 g/mol. The highest BCUT2D eigenvalue weighted by Crippen LogP contribution is 2.59. The van der Waals surface area contributed by atoms with Crippen molar-refractivity contribution in [2.24, 2.45) is 5.92 Å². The number of pyridine rings is 2.